The molecule has 22 heavy (non-hydrogen) atoms. The van der Waals surface area contributed by atoms with Gasteiger partial charge in [-0.25, -0.2) is 4.98 Å². The SMILES string of the molecule is CCOC(C)(CC)C(=O)Nc1cnc(OCCOC)c(C)c1. The Labute approximate surface area is 132 Å². The molecule has 0 aliphatic carbocycles. The zero-order valence-corrected chi connectivity index (χ0v) is 14.1. The molecule has 0 spiro atoms. The molecule has 1 heterocycles. The fraction of sp³-hybridized carbons (Fsp3) is 0.625. The van der Waals surface area contributed by atoms with Crippen LogP contribution in [0, 0.1) is 6.92 Å². The van der Waals surface area contributed by atoms with Gasteiger partial charge in [0, 0.05) is 19.3 Å². The van der Waals surface area contributed by atoms with Gasteiger partial charge in [0.25, 0.3) is 5.91 Å². The van der Waals surface area contributed by atoms with Gasteiger partial charge in [-0.3, -0.25) is 4.79 Å². The van der Waals surface area contributed by atoms with Gasteiger partial charge < -0.3 is 19.5 Å². The number of pyridine rings is 1. The van der Waals surface area contributed by atoms with Gasteiger partial charge >= 0.3 is 0 Å². The summed E-state index contributed by atoms with van der Waals surface area (Å²) in [4.78, 5) is 16.6. The number of hydrogen-bond donors (Lipinski definition) is 1. The van der Waals surface area contributed by atoms with E-state index in [9.17, 15) is 4.79 Å². The van der Waals surface area contributed by atoms with E-state index < -0.39 is 5.60 Å². The van der Waals surface area contributed by atoms with Crippen molar-refractivity contribution in [3.05, 3.63) is 17.8 Å². The molecule has 1 aromatic heterocycles. The summed E-state index contributed by atoms with van der Waals surface area (Å²) in [5.74, 6) is 0.365. The number of ether oxygens (including phenoxy) is 3. The third-order valence-electron chi connectivity index (χ3n) is 3.43. The lowest BCUT2D eigenvalue weighted by molar-refractivity contribution is -0.139. The van der Waals surface area contributed by atoms with Gasteiger partial charge in [-0.2, -0.15) is 0 Å². The Morgan fingerprint density at radius 3 is 2.64 bits per heavy atom. The van der Waals surface area contributed by atoms with Crippen molar-refractivity contribution in [3.63, 3.8) is 0 Å². The first-order valence-electron chi connectivity index (χ1n) is 7.50. The normalized spacial score (nSPS) is 13.5. The Morgan fingerprint density at radius 2 is 2.09 bits per heavy atom. The summed E-state index contributed by atoms with van der Waals surface area (Å²) in [6.45, 7) is 8.89. The molecule has 1 N–H and O–H groups in total. The molecule has 0 bridgehead atoms. The number of nitrogens with zero attached hydrogens (tertiary/aromatic N) is 1. The van der Waals surface area contributed by atoms with Crippen molar-refractivity contribution in [1.82, 2.24) is 4.98 Å². The highest BCUT2D eigenvalue weighted by Crippen LogP contribution is 2.21. The molecular formula is C16H26N2O4. The Morgan fingerprint density at radius 1 is 1.36 bits per heavy atom. The number of hydrogen-bond acceptors (Lipinski definition) is 5. The van der Waals surface area contributed by atoms with Gasteiger partial charge in [0.05, 0.1) is 18.5 Å². The Balaban J connectivity index is 2.74. The average molecular weight is 310 g/mol. The summed E-state index contributed by atoms with van der Waals surface area (Å²) in [6, 6.07) is 1.83. The monoisotopic (exact) mass is 310 g/mol. The van der Waals surface area contributed by atoms with Crippen LogP contribution in [0.3, 0.4) is 0 Å². The van der Waals surface area contributed by atoms with Crippen LogP contribution in [-0.2, 0) is 14.3 Å². The molecule has 6 heteroatoms. The standard InChI is InChI=1S/C16H26N2O4/c1-6-16(4,22-7-2)15(19)18-13-10-12(3)14(17-11-13)21-9-8-20-5/h10-11H,6-9H2,1-5H3,(H,18,19). The third-order valence-corrected chi connectivity index (χ3v) is 3.43. The van der Waals surface area contributed by atoms with Crippen LogP contribution in [0.1, 0.15) is 32.8 Å². The molecule has 1 unspecified atom stereocenters. The number of nitrogens with one attached hydrogen (secondary N) is 1. The molecule has 6 nitrogen and oxygen atoms in total. The molecule has 1 amide bonds. The minimum absolute atomic E-state index is 0.175. The maximum atomic E-state index is 12.4. The Bertz CT molecular complexity index is 493. The lowest BCUT2D eigenvalue weighted by atomic mass is 10.0. The first-order valence-corrected chi connectivity index (χ1v) is 7.50. The van der Waals surface area contributed by atoms with Crippen molar-refractivity contribution in [2.75, 3.05) is 32.2 Å². The minimum Gasteiger partial charge on any atom is -0.475 e. The van der Waals surface area contributed by atoms with Gasteiger partial charge in [-0.1, -0.05) is 6.92 Å². The summed E-state index contributed by atoms with van der Waals surface area (Å²) in [6.07, 6.45) is 2.17. The smallest absolute Gasteiger partial charge is 0.256 e. The number of aromatic nitrogens is 1. The van der Waals surface area contributed by atoms with E-state index in [1.165, 1.54) is 0 Å². The fourth-order valence-electron chi connectivity index (χ4n) is 1.91. The fourth-order valence-corrected chi connectivity index (χ4v) is 1.91. The summed E-state index contributed by atoms with van der Waals surface area (Å²) in [5.41, 5.74) is 0.639. The van der Waals surface area contributed by atoms with Gasteiger partial charge in [0.2, 0.25) is 5.88 Å². The van der Waals surface area contributed by atoms with Gasteiger partial charge in [0.1, 0.15) is 12.2 Å². The molecule has 0 radical (unpaired) electrons. The van der Waals surface area contributed by atoms with E-state index in [1.807, 2.05) is 26.8 Å². The van der Waals surface area contributed by atoms with Crippen molar-refractivity contribution >= 4 is 11.6 Å². The maximum absolute atomic E-state index is 12.4. The molecule has 0 saturated heterocycles. The summed E-state index contributed by atoms with van der Waals surface area (Å²) < 4.78 is 16.0. The predicted octanol–water partition coefficient (Wildman–Crippen LogP) is 2.56. The molecule has 0 fully saturated rings. The second-order valence-electron chi connectivity index (χ2n) is 5.16. The number of rotatable bonds is 9. The lowest BCUT2D eigenvalue weighted by Crippen LogP contribution is -2.42. The Kier molecular flexibility index (Phi) is 7.27. The van der Waals surface area contributed by atoms with Crippen LogP contribution in [0.15, 0.2) is 12.3 Å². The number of carbonyl (C=O) groups is 1. The quantitative estimate of drug-likeness (QED) is 0.710. The lowest BCUT2D eigenvalue weighted by Gasteiger charge is -2.26. The van der Waals surface area contributed by atoms with Gasteiger partial charge in [-0.05, 0) is 33.3 Å². The summed E-state index contributed by atoms with van der Waals surface area (Å²) in [5, 5.41) is 2.85. The van der Waals surface area contributed by atoms with E-state index in [0.717, 1.165) is 5.56 Å². The van der Waals surface area contributed by atoms with Crippen molar-refractivity contribution < 1.29 is 19.0 Å². The zero-order chi connectivity index (χ0) is 16.6. The number of carbonyl (C=O) groups excluding carboxylic acids is 1. The molecule has 0 aromatic carbocycles. The minimum atomic E-state index is -0.837. The molecule has 0 aliphatic rings. The van der Waals surface area contributed by atoms with Crippen molar-refractivity contribution in [3.8, 4) is 5.88 Å². The second kappa shape index (κ2) is 8.70. The van der Waals surface area contributed by atoms with E-state index in [1.54, 1.807) is 20.2 Å². The van der Waals surface area contributed by atoms with Crippen LogP contribution in [0.4, 0.5) is 5.69 Å². The zero-order valence-electron chi connectivity index (χ0n) is 14.1. The molecule has 124 valence electrons. The van der Waals surface area contributed by atoms with Crippen LogP contribution < -0.4 is 10.1 Å². The molecule has 1 atom stereocenters. The second-order valence-corrected chi connectivity index (χ2v) is 5.16. The highest BCUT2D eigenvalue weighted by molar-refractivity contribution is 5.97. The number of methoxy groups -OCH3 is 1. The van der Waals surface area contributed by atoms with Crippen LogP contribution in [0.5, 0.6) is 5.88 Å². The summed E-state index contributed by atoms with van der Waals surface area (Å²) >= 11 is 0. The molecule has 1 rings (SSSR count). The van der Waals surface area contributed by atoms with Crippen molar-refractivity contribution in [2.24, 2.45) is 0 Å². The van der Waals surface area contributed by atoms with E-state index in [0.29, 0.717) is 37.8 Å². The molecular weight excluding hydrogens is 284 g/mol. The number of anilines is 1. The topological polar surface area (TPSA) is 69.7 Å². The van der Waals surface area contributed by atoms with E-state index >= 15 is 0 Å². The maximum Gasteiger partial charge on any atom is 0.256 e. The highest BCUT2D eigenvalue weighted by atomic mass is 16.5. The number of amides is 1. The van der Waals surface area contributed by atoms with Crippen molar-refractivity contribution in [1.29, 1.82) is 0 Å². The first-order chi connectivity index (χ1) is 10.5. The molecule has 0 saturated carbocycles. The molecule has 0 aliphatic heterocycles. The van der Waals surface area contributed by atoms with Crippen LogP contribution in [0.25, 0.3) is 0 Å². The van der Waals surface area contributed by atoms with Crippen LogP contribution in [0.2, 0.25) is 0 Å². The van der Waals surface area contributed by atoms with Gasteiger partial charge in [0.15, 0.2) is 0 Å². The van der Waals surface area contributed by atoms with Gasteiger partial charge in [-0.15, -0.1) is 0 Å². The van der Waals surface area contributed by atoms with Crippen LogP contribution in [-0.4, -0.2) is 43.4 Å². The summed E-state index contributed by atoms with van der Waals surface area (Å²) in [7, 11) is 1.62. The van der Waals surface area contributed by atoms with Crippen LogP contribution >= 0.6 is 0 Å². The van der Waals surface area contributed by atoms with E-state index in [2.05, 4.69) is 10.3 Å². The van der Waals surface area contributed by atoms with Crippen molar-refractivity contribution in [2.45, 2.75) is 39.7 Å². The highest BCUT2D eigenvalue weighted by Gasteiger charge is 2.31. The van der Waals surface area contributed by atoms with E-state index in [4.69, 9.17) is 14.2 Å². The number of aryl methyl sites for hydroxylation is 1. The first kappa shape index (κ1) is 18.4. The average Bonchev–Trinajstić information content (AvgIpc) is 2.49. The molecule has 1 aromatic rings. The Hall–Kier alpha value is -1.66. The van der Waals surface area contributed by atoms with E-state index in [-0.39, 0.29) is 5.91 Å². The largest absolute Gasteiger partial charge is 0.475 e. The predicted molar refractivity (Wildman–Crippen MR) is 85.3 cm³/mol. The third kappa shape index (κ3) is 4.96.